The minimum absolute atomic E-state index is 0.0227. The molecule has 1 aliphatic rings. The third-order valence-corrected chi connectivity index (χ3v) is 12.7. The van der Waals surface area contributed by atoms with E-state index >= 15 is 0 Å². The van der Waals surface area contributed by atoms with Crippen molar-refractivity contribution in [2.75, 3.05) is 26.7 Å². The first-order valence-corrected chi connectivity index (χ1v) is 25.0. The number of hydrogen-bond acceptors (Lipinski definition) is 11. The minimum Gasteiger partial charge on any atom is -0.511 e. The highest BCUT2D eigenvalue weighted by atomic mass is 16.5. The molecule has 18 nitrogen and oxygen atoms in total. The Morgan fingerprint density at radius 2 is 1.08 bits per heavy atom. The van der Waals surface area contributed by atoms with Gasteiger partial charge in [-0.2, -0.15) is 0 Å². The zero-order valence-electron chi connectivity index (χ0n) is 43.5. The Kier molecular flexibility index (Phi) is 20.5. The molecular weight excluding hydrogens is 979 g/mol. The molecule has 0 fully saturated rings. The van der Waals surface area contributed by atoms with Gasteiger partial charge in [0.25, 0.3) is 0 Å². The van der Waals surface area contributed by atoms with E-state index < -0.39 is 18.1 Å². The normalized spacial score (nSPS) is 12.1. The van der Waals surface area contributed by atoms with Gasteiger partial charge in [0.15, 0.2) is 0 Å². The summed E-state index contributed by atoms with van der Waals surface area (Å²) in [7, 11) is 1.68. The molecule has 2 atom stereocenters. The largest absolute Gasteiger partial charge is 0.511 e. The fraction of sp³-hybridized carbons (Fsp3) is 0.237. The molecule has 1 aliphatic carbocycles. The number of aromatic amines is 4. The third-order valence-electron chi connectivity index (χ3n) is 12.7. The molecule has 4 aromatic heterocycles. The highest BCUT2D eigenvalue weighted by Gasteiger charge is 2.17. The van der Waals surface area contributed by atoms with E-state index in [9.17, 15) is 29.7 Å². The molecule has 404 valence electrons. The fourth-order valence-electron chi connectivity index (χ4n) is 8.70. The van der Waals surface area contributed by atoms with Gasteiger partial charge in [-0.05, 0) is 150 Å². The summed E-state index contributed by atoms with van der Waals surface area (Å²) in [6.45, 7) is 8.41. The minimum atomic E-state index is -1.03. The number of rotatable bonds is 15. The van der Waals surface area contributed by atoms with Crippen LogP contribution in [0.3, 0.4) is 0 Å². The number of allylic oxidation sites excluding steroid dienone is 1. The summed E-state index contributed by atoms with van der Waals surface area (Å²) in [6, 6.07) is 28.3. The van der Waals surface area contributed by atoms with Gasteiger partial charge in [0.2, 0.25) is 11.8 Å². The second kappa shape index (κ2) is 27.5. The van der Waals surface area contributed by atoms with Gasteiger partial charge in [-0.1, -0.05) is 36.9 Å². The molecule has 4 heterocycles. The van der Waals surface area contributed by atoms with Crippen molar-refractivity contribution in [2.24, 2.45) is 17.2 Å². The third kappa shape index (κ3) is 16.3. The molecule has 0 aliphatic heterocycles. The highest BCUT2D eigenvalue weighted by molar-refractivity contribution is 5.87. The van der Waals surface area contributed by atoms with E-state index in [-0.39, 0.29) is 35.5 Å². The average Bonchev–Trinajstić information content (AvgIpc) is 4.27. The molecule has 0 saturated heterocycles. The Morgan fingerprint density at radius 3 is 1.58 bits per heavy atom. The van der Waals surface area contributed by atoms with Gasteiger partial charge in [0, 0.05) is 102 Å². The van der Waals surface area contributed by atoms with Crippen molar-refractivity contribution in [3.05, 3.63) is 174 Å². The Balaban J connectivity index is 0.000000156. The van der Waals surface area contributed by atoms with Crippen molar-refractivity contribution < 1.29 is 44.7 Å². The molecule has 9 aromatic rings. The molecule has 0 spiro atoms. The summed E-state index contributed by atoms with van der Waals surface area (Å²) in [5.74, 6) is 0.582. The Morgan fingerprint density at radius 1 is 0.610 bits per heavy atom. The number of aromatic nitrogens is 4. The van der Waals surface area contributed by atoms with E-state index in [1.807, 2.05) is 61.1 Å². The number of aliphatic hydroxyl groups excluding tert-OH is 1. The Bertz CT molecular complexity index is 3480. The molecule has 2 amide bonds. The van der Waals surface area contributed by atoms with Gasteiger partial charge in [-0.15, -0.1) is 0 Å². The maximum atomic E-state index is 10.8. The van der Waals surface area contributed by atoms with Crippen LogP contribution in [0.25, 0.3) is 49.2 Å². The Hall–Kier alpha value is -8.97. The van der Waals surface area contributed by atoms with Crippen LogP contribution < -0.4 is 32.6 Å². The van der Waals surface area contributed by atoms with E-state index in [0.29, 0.717) is 31.8 Å². The summed E-state index contributed by atoms with van der Waals surface area (Å²) in [5, 5.41) is 55.5. The lowest BCUT2D eigenvalue weighted by molar-refractivity contribution is -0.138. The average molecular weight is 1050 g/mol. The van der Waals surface area contributed by atoms with Crippen molar-refractivity contribution in [3.63, 3.8) is 0 Å². The van der Waals surface area contributed by atoms with Crippen LogP contribution in [0.2, 0.25) is 0 Å². The molecule has 1 unspecified atom stereocenters. The number of fused-ring (bicyclic) bond motifs is 5. The summed E-state index contributed by atoms with van der Waals surface area (Å²) in [6.07, 6.45) is 14.0. The molecule has 10 rings (SSSR count). The number of amides is 2. The lowest BCUT2D eigenvalue weighted by atomic mass is 10.0. The van der Waals surface area contributed by atoms with E-state index in [1.165, 1.54) is 23.6 Å². The summed E-state index contributed by atoms with van der Waals surface area (Å²) in [5.41, 5.74) is 28.7. The number of carbonyl (C=O) groups excluding carboxylic acids is 2. The number of nitrogens with one attached hydrogen (secondary N) is 6. The first-order valence-electron chi connectivity index (χ1n) is 25.0. The van der Waals surface area contributed by atoms with Gasteiger partial charge in [-0.3, -0.25) is 14.4 Å². The maximum Gasteiger partial charge on any atom is 0.320 e. The van der Waals surface area contributed by atoms with Crippen LogP contribution in [-0.4, -0.2) is 102 Å². The number of carboxylic acid groups (broad SMARTS) is 1. The first kappa shape index (κ1) is 57.3. The van der Waals surface area contributed by atoms with E-state index in [2.05, 4.69) is 55.4 Å². The van der Waals surface area contributed by atoms with E-state index in [4.69, 9.17) is 32.2 Å². The summed E-state index contributed by atoms with van der Waals surface area (Å²) >= 11 is 0. The van der Waals surface area contributed by atoms with Gasteiger partial charge < -0.3 is 78.0 Å². The van der Waals surface area contributed by atoms with Crippen LogP contribution in [0, 0.1) is 0 Å². The van der Waals surface area contributed by atoms with Gasteiger partial charge >= 0.3 is 5.97 Å². The molecule has 5 aromatic carbocycles. The smallest absolute Gasteiger partial charge is 0.320 e. The van der Waals surface area contributed by atoms with Gasteiger partial charge in [-0.25, -0.2) is 0 Å². The van der Waals surface area contributed by atoms with Crippen molar-refractivity contribution in [1.29, 1.82) is 0 Å². The number of H-pyrrole nitrogens is 4. The summed E-state index contributed by atoms with van der Waals surface area (Å²) in [4.78, 5) is 44.6. The fourth-order valence-corrected chi connectivity index (χ4v) is 8.70. The van der Waals surface area contributed by atoms with Crippen molar-refractivity contribution in [1.82, 2.24) is 30.6 Å². The predicted octanol–water partition coefficient (Wildman–Crippen LogP) is 8.03. The van der Waals surface area contributed by atoms with Crippen molar-refractivity contribution >= 4 is 67.0 Å². The number of benzene rings is 5. The second-order valence-corrected chi connectivity index (χ2v) is 18.4. The number of phenols is 3. The van der Waals surface area contributed by atoms with Crippen LogP contribution in [-0.2, 0) is 46.5 Å². The zero-order chi connectivity index (χ0) is 55.6. The zero-order valence-corrected chi connectivity index (χ0v) is 43.5. The van der Waals surface area contributed by atoms with E-state index in [0.717, 1.165) is 97.3 Å². The van der Waals surface area contributed by atoms with Gasteiger partial charge in [0.1, 0.15) is 34.8 Å². The van der Waals surface area contributed by atoms with Crippen LogP contribution >= 0.6 is 0 Å². The molecule has 17 N–H and O–H groups in total. The number of carbonyl (C=O) groups is 3. The quantitative estimate of drug-likeness (QED) is 0.0434. The number of aliphatic hydroxyl groups is 1. The second-order valence-electron chi connectivity index (χ2n) is 18.4. The maximum absolute atomic E-state index is 10.8. The number of phenolic OH excluding ortho intramolecular Hbond substituents is 3. The van der Waals surface area contributed by atoms with E-state index in [1.54, 1.807) is 62.7 Å². The number of aromatic hydroxyl groups is 3. The van der Waals surface area contributed by atoms with Crippen LogP contribution in [0.1, 0.15) is 53.6 Å². The van der Waals surface area contributed by atoms with Crippen molar-refractivity contribution in [3.8, 4) is 23.0 Å². The topological polar surface area (TPSA) is 327 Å². The standard InChI is InChI=1S/C14H17NO2.C12H14N2O2.C12H14N2O.C11H12N2O3.C10H12N2O/c1-10(16)15-8-7-12-4-3-11-5-6-13(17-2)9-14(11)12;1-8(15)13-5-4-9-7-14-12-3-2-10(16)6-11(9)12;1-8(15)11(13)6-9-7-14-12-5-3-2-4-10(9)12;12-9(11(15)16)3-6-5-13-10-2-1-7(14)4-8(6)10;11-4-3-7-6-12-10-2-1-8(13)5-9(7)10/h4-6,9H,3,7-8H2,1-2H3,(H,15,16);2-3,6-7,14,16H,4-5H2,1H3,(H,13,15);2-5,7,11,14-15H,1,6,13H2;1-2,4-5,9,13-14H,3,12H2,(H,15,16);1-2,5-6,12-13H,3-4,11H2/t;;11-;;/m..0../s1. The lowest BCUT2D eigenvalue weighted by Gasteiger charge is -2.08. The SMILES string of the molecule is C=C(O)[C@@H](N)Cc1c[nH]c2ccccc12.CC(=O)NCCc1c[nH]c2ccc(O)cc12.COc1ccc2c(c1)C(CCNC(C)=O)=CC2.NC(Cc1c[nH]c2ccc(O)cc12)C(=O)O.NCCc1c[nH]c2ccc(O)cc12. The van der Waals surface area contributed by atoms with Crippen LogP contribution in [0.4, 0.5) is 0 Å². The molecule has 18 heteroatoms. The van der Waals surface area contributed by atoms with Crippen LogP contribution in [0.15, 0.2) is 140 Å². The number of hydrogen-bond donors (Lipinski definition) is 14. The molecule has 0 saturated carbocycles. The monoisotopic (exact) mass is 1050 g/mol. The first-order chi connectivity index (χ1) is 36.9. The summed E-state index contributed by atoms with van der Waals surface area (Å²) < 4.78 is 5.23. The number of para-hydroxylation sites is 1. The van der Waals surface area contributed by atoms with Gasteiger partial charge in [0.05, 0.1) is 13.2 Å². The lowest BCUT2D eigenvalue weighted by Crippen LogP contribution is -2.32. The molecule has 0 radical (unpaired) electrons. The molecular formula is C59H69N9O9. The number of ether oxygens (including phenoxy) is 1. The van der Waals surface area contributed by atoms with Crippen LogP contribution in [0.5, 0.6) is 23.0 Å². The number of carboxylic acids is 1. The van der Waals surface area contributed by atoms with Crippen molar-refractivity contribution in [2.45, 2.75) is 64.5 Å². The Labute approximate surface area is 445 Å². The number of methoxy groups -OCH3 is 1. The molecule has 0 bridgehead atoms. The molecule has 77 heavy (non-hydrogen) atoms. The number of aliphatic carboxylic acids is 1. The highest BCUT2D eigenvalue weighted by Crippen LogP contribution is 2.33. The number of nitrogens with two attached hydrogens (primary N) is 3. The predicted molar refractivity (Wildman–Crippen MR) is 304 cm³/mol.